The number of halogens is 6. The monoisotopic (exact) mass is 1130 g/mol. The molecule has 4 aromatic carbocycles. The van der Waals surface area contributed by atoms with Crippen LogP contribution < -0.4 is 27.5 Å². The van der Waals surface area contributed by atoms with Gasteiger partial charge in [-0.15, -0.1) is 0 Å². The van der Waals surface area contributed by atoms with Gasteiger partial charge in [-0.3, -0.25) is 47.9 Å². The Bertz CT molecular complexity index is 3340. The van der Waals surface area contributed by atoms with Crippen molar-refractivity contribution >= 4 is 39.9 Å². The van der Waals surface area contributed by atoms with E-state index < -0.39 is 74.3 Å². The molecule has 2 saturated heterocycles. The van der Waals surface area contributed by atoms with Crippen molar-refractivity contribution in [1.29, 1.82) is 5.26 Å². The lowest BCUT2D eigenvalue weighted by Crippen LogP contribution is -2.52. The molecule has 6 aromatic rings. The highest BCUT2D eigenvalue weighted by Gasteiger charge is 2.34. The fourth-order valence-electron chi connectivity index (χ4n) is 9.43. The number of piperazine rings is 2. The van der Waals surface area contributed by atoms with Crippen molar-refractivity contribution in [1.82, 2.24) is 39.4 Å². The van der Waals surface area contributed by atoms with E-state index in [9.17, 15) is 59.9 Å². The first-order valence-corrected chi connectivity index (χ1v) is 27.4. The molecule has 8 rings (SSSR count). The van der Waals surface area contributed by atoms with Crippen LogP contribution in [0.25, 0.3) is 11.4 Å². The average molecular weight is 1130 g/mol. The molecule has 0 bridgehead atoms. The van der Waals surface area contributed by atoms with Crippen molar-refractivity contribution in [3.63, 3.8) is 0 Å². The van der Waals surface area contributed by atoms with E-state index in [4.69, 9.17) is 5.73 Å². The number of nitrogens with one attached hydrogen (secondary N) is 2. The molecule has 2 fully saturated rings. The largest absolute Gasteiger partial charge is 0.606 e. The lowest BCUT2D eigenvalue weighted by Gasteiger charge is -2.38. The van der Waals surface area contributed by atoms with Gasteiger partial charge in [0.15, 0.2) is 19.6 Å². The van der Waals surface area contributed by atoms with Crippen LogP contribution in [0, 0.1) is 25.2 Å². The molecule has 16 nitrogen and oxygen atoms in total. The highest BCUT2D eigenvalue weighted by Crippen LogP contribution is 2.34. The summed E-state index contributed by atoms with van der Waals surface area (Å²) in [6.45, 7) is 11.7. The van der Waals surface area contributed by atoms with Gasteiger partial charge in [0.05, 0.1) is 34.1 Å². The first-order chi connectivity index (χ1) is 37.6. The quantitative estimate of drug-likeness (QED) is 0.0560. The molecule has 2 unspecified atom stereocenters. The zero-order valence-electron chi connectivity index (χ0n) is 43.0. The number of nitrogens with zero attached hydrogens (tertiary/aromatic N) is 7. The van der Waals surface area contributed by atoms with Crippen LogP contribution in [0.5, 0.6) is 0 Å². The lowest BCUT2D eigenvalue weighted by molar-refractivity contribution is -0.138. The van der Waals surface area contributed by atoms with E-state index in [-0.39, 0.29) is 56.1 Å². The van der Waals surface area contributed by atoms with Gasteiger partial charge in [-0.05, 0) is 98.8 Å². The number of hydrogen-bond acceptors (Lipinski definition) is 12. The summed E-state index contributed by atoms with van der Waals surface area (Å²) in [7, 11) is 0. The van der Waals surface area contributed by atoms with Gasteiger partial charge < -0.3 is 25.5 Å². The summed E-state index contributed by atoms with van der Waals surface area (Å²) < 4.78 is 112. The van der Waals surface area contributed by atoms with Gasteiger partial charge in [0.1, 0.15) is 11.1 Å². The molecule has 0 radical (unpaired) electrons. The normalized spacial score (nSPS) is 15.8. The summed E-state index contributed by atoms with van der Waals surface area (Å²) in [5.41, 5.74) is 1.90. The van der Waals surface area contributed by atoms with Crippen molar-refractivity contribution < 1.29 is 45.0 Å². The second-order valence-electron chi connectivity index (χ2n) is 19.0. The fourth-order valence-corrected chi connectivity index (χ4v) is 11.9. The van der Waals surface area contributed by atoms with Crippen molar-refractivity contribution in [3.05, 3.63) is 169 Å². The smallest absolute Gasteiger partial charge is 0.416 e. The molecule has 79 heavy (non-hydrogen) atoms. The maximum absolute atomic E-state index is 13.9. The van der Waals surface area contributed by atoms with E-state index in [1.54, 1.807) is 12.1 Å². The van der Waals surface area contributed by atoms with Crippen molar-refractivity contribution in [2.45, 2.75) is 45.8 Å². The van der Waals surface area contributed by atoms with Crippen LogP contribution in [0.4, 0.5) is 32.0 Å². The summed E-state index contributed by atoms with van der Waals surface area (Å²) in [5.74, 6) is -1.54. The van der Waals surface area contributed by atoms with Gasteiger partial charge in [-0.2, -0.15) is 31.6 Å². The summed E-state index contributed by atoms with van der Waals surface area (Å²) >= 11 is -3.93. The van der Waals surface area contributed by atoms with Crippen LogP contribution in [0.15, 0.2) is 138 Å². The SMILES string of the molecule is Cc1c([S+]([O-])c2ccc(N)cc2)cc(C(=O)NCCN2CCN(CCN3CCN(CCNC(=O)c4cc([S+]([O-])c5ccc(C#N)cc5)c(C)n(-c5cccc(C(F)(F)F)c5)c4=O)CC3)CC2)c(=O)n1-c1cccc(C(F)(F)F)c1. The number of nitrogens with two attached hydrogens (primary N) is 1. The van der Waals surface area contributed by atoms with E-state index in [1.165, 1.54) is 74.5 Å². The summed E-state index contributed by atoms with van der Waals surface area (Å²) in [5, 5.41) is 14.8. The molecule has 2 amide bonds. The molecule has 2 aliphatic rings. The van der Waals surface area contributed by atoms with Gasteiger partial charge in [0.2, 0.25) is 0 Å². The zero-order chi connectivity index (χ0) is 56.8. The minimum atomic E-state index is -4.72. The van der Waals surface area contributed by atoms with Crippen LogP contribution in [0.2, 0.25) is 0 Å². The van der Waals surface area contributed by atoms with E-state index in [0.717, 1.165) is 84.8 Å². The molecular weight excluding hydrogens is 1070 g/mol. The topological polar surface area (TPSA) is 211 Å². The summed E-state index contributed by atoms with van der Waals surface area (Å²) in [6, 6.07) is 24.7. The molecule has 4 N–H and O–H groups in total. The van der Waals surface area contributed by atoms with Crippen molar-refractivity contribution in [2.75, 3.05) is 97.4 Å². The maximum Gasteiger partial charge on any atom is 0.416 e. The number of aromatic nitrogens is 2. The van der Waals surface area contributed by atoms with Gasteiger partial charge >= 0.3 is 12.4 Å². The number of nitriles is 1. The molecule has 2 atom stereocenters. The third kappa shape index (κ3) is 13.9. The Morgan fingerprint density at radius 1 is 0.570 bits per heavy atom. The van der Waals surface area contributed by atoms with E-state index >= 15 is 0 Å². The molecular formula is C55H56F6N10O6S2. The lowest BCUT2D eigenvalue weighted by atomic mass is 10.1. The Kier molecular flexibility index (Phi) is 18.4. The number of carbonyl (C=O) groups excluding carboxylic acids is 2. The summed E-state index contributed by atoms with van der Waals surface area (Å²) in [6.07, 6.45) is -9.42. The number of alkyl halides is 6. The first-order valence-electron chi connectivity index (χ1n) is 25.1. The predicted molar refractivity (Wildman–Crippen MR) is 285 cm³/mol. The highest BCUT2D eigenvalue weighted by molar-refractivity contribution is 7.91. The number of amides is 2. The average Bonchev–Trinajstić information content (AvgIpc) is 3.59. The molecule has 416 valence electrons. The van der Waals surface area contributed by atoms with Crippen LogP contribution in [-0.4, -0.2) is 141 Å². The number of nitrogen functional groups attached to an aromatic ring is 1. The Morgan fingerprint density at radius 3 is 1.28 bits per heavy atom. The van der Waals surface area contributed by atoms with E-state index in [2.05, 4.69) is 30.2 Å². The molecule has 0 spiro atoms. The first kappa shape index (κ1) is 58.2. The number of benzene rings is 4. The zero-order valence-corrected chi connectivity index (χ0v) is 44.7. The van der Waals surface area contributed by atoms with Gasteiger partial charge in [0, 0.05) is 143 Å². The molecule has 2 aliphatic heterocycles. The minimum absolute atomic E-state index is 0.0347. The number of hydrogen-bond donors (Lipinski definition) is 3. The van der Waals surface area contributed by atoms with Gasteiger partial charge in [-0.1, -0.05) is 12.1 Å². The standard InChI is InChI=1S/C55H56F6N10O6S2/c1-36-48(78(76)44-13-9-38(35-62)10-14-44)33-46(52(74)70(36)42-7-3-5-39(31-42)54(56,57)58)50(72)64-17-19-66-21-25-68(26-22-66)29-30-69-27-23-67(24-28-69)20-18-65-51(73)47-34-49(79(77)45-15-11-41(63)12-16-45)37(2)71(53(47)75)43-8-4-6-40(32-43)55(59,60)61/h3-16,31-34H,17-30,63H2,1-2H3,(H,64,72)(H,65,73). The van der Waals surface area contributed by atoms with Gasteiger partial charge in [-0.25, -0.2) is 0 Å². The number of rotatable bonds is 17. The molecule has 0 aliphatic carbocycles. The number of pyridine rings is 2. The molecule has 24 heteroatoms. The minimum Gasteiger partial charge on any atom is -0.606 e. The Morgan fingerprint density at radius 2 is 0.924 bits per heavy atom. The van der Waals surface area contributed by atoms with Crippen molar-refractivity contribution in [3.8, 4) is 17.4 Å². The maximum atomic E-state index is 13.9. The Hall–Kier alpha value is -6.95. The highest BCUT2D eigenvalue weighted by atomic mass is 32.2. The van der Waals surface area contributed by atoms with E-state index in [0.29, 0.717) is 55.4 Å². The molecule has 2 aromatic heterocycles. The molecule has 0 saturated carbocycles. The van der Waals surface area contributed by atoms with Crippen molar-refractivity contribution in [2.24, 2.45) is 0 Å². The van der Waals surface area contributed by atoms with E-state index in [1.807, 2.05) is 6.07 Å². The Balaban J connectivity index is 0.811. The van der Waals surface area contributed by atoms with Crippen LogP contribution >= 0.6 is 0 Å². The number of anilines is 1. The van der Waals surface area contributed by atoms with Crippen LogP contribution in [0.1, 0.15) is 48.8 Å². The summed E-state index contributed by atoms with van der Waals surface area (Å²) in [4.78, 5) is 65.0. The molecule has 4 heterocycles. The fraction of sp³-hybridized carbons (Fsp3) is 0.327. The van der Waals surface area contributed by atoms with Crippen LogP contribution in [0.3, 0.4) is 0 Å². The number of carbonyl (C=O) groups is 2. The second kappa shape index (κ2) is 25.0. The predicted octanol–water partition coefficient (Wildman–Crippen LogP) is 5.83. The van der Waals surface area contributed by atoms with Crippen LogP contribution in [-0.2, 0) is 34.7 Å². The third-order valence-corrected chi connectivity index (χ3v) is 17.0. The third-order valence-electron chi connectivity index (χ3n) is 13.9. The van der Waals surface area contributed by atoms with Gasteiger partial charge in [0.25, 0.3) is 22.9 Å². The Labute approximate surface area is 457 Å². The second-order valence-corrected chi connectivity index (χ2v) is 21.9.